The second kappa shape index (κ2) is 7.83. The largest absolute Gasteiger partial charge is 0.494 e. The van der Waals surface area contributed by atoms with Gasteiger partial charge < -0.3 is 14.8 Å². The zero-order chi connectivity index (χ0) is 16.8. The van der Waals surface area contributed by atoms with Gasteiger partial charge in [-0.25, -0.2) is 4.39 Å². The highest BCUT2D eigenvalue weighted by molar-refractivity contribution is 6.30. The number of hydrogen-bond acceptors (Lipinski definition) is 3. The molecule has 23 heavy (non-hydrogen) atoms. The van der Waals surface area contributed by atoms with Crippen molar-refractivity contribution in [2.75, 3.05) is 13.7 Å². The lowest BCUT2D eigenvalue weighted by molar-refractivity contribution is -0.123. The minimum absolute atomic E-state index is 0.149. The molecule has 0 heterocycles. The molecule has 0 bridgehead atoms. The van der Waals surface area contributed by atoms with Gasteiger partial charge in [0.05, 0.1) is 13.2 Å². The van der Waals surface area contributed by atoms with Crippen molar-refractivity contribution in [2.24, 2.45) is 0 Å². The van der Waals surface area contributed by atoms with E-state index in [1.807, 2.05) is 0 Å². The average molecular weight is 338 g/mol. The first kappa shape index (κ1) is 17.1. The van der Waals surface area contributed by atoms with Crippen LogP contribution in [-0.4, -0.2) is 19.6 Å². The molecule has 4 nitrogen and oxygen atoms in total. The summed E-state index contributed by atoms with van der Waals surface area (Å²) in [7, 11) is 1.40. The van der Waals surface area contributed by atoms with E-state index in [4.69, 9.17) is 21.1 Å². The Labute approximate surface area is 139 Å². The van der Waals surface area contributed by atoms with Gasteiger partial charge in [0.1, 0.15) is 5.75 Å². The van der Waals surface area contributed by atoms with E-state index in [9.17, 15) is 9.18 Å². The smallest absolute Gasteiger partial charge is 0.258 e. The van der Waals surface area contributed by atoms with E-state index < -0.39 is 5.82 Å². The van der Waals surface area contributed by atoms with Gasteiger partial charge in [-0.3, -0.25) is 4.79 Å². The number of rotatable bonds is 6. The van der Waals surface area contributed by atoms with Crippen molar-refractivity contribution in [2.45, 2.75) is 13.0 Å². The average Bonchev–Trinajstić information content (AvgIpc) is 2.53. The molecule has 0 saturated heterocycles. The molecular weight excluding hydrogens is 321 g/mol. The fourth-order valence-corrected chi connectivity index (χ4v) is 2.20. The van der Waals surface area contributed by atoms with Crippen LogP contribution in [0.2, 0.25) is 5.02 Å². The Morgan fingerprint density at radius 3 is 2.74 bits per heavy atom. The minimum Gasteiger partial charge on any atom is -0.494 e. The molecule has 2 rings (SSSR count). The Kier molecular flexibility index (Phi) is 5.82. The molecule has 0 spiro atoms. The van der Waals surface area contributed by atoms with Crippen molar-refractivity contribution in [1.29, 1.82) is 0 Å². The van der Waals surface area contributed by atoms with Crippen LogP contribution in [0.5, 0.6) is 11.5 Å². The van der Waals surface area contributed by atoms with Crippen LogP contribution in [-0.2, 0) is 4.79 Å². The van der Waals surface area contributed by atoms with E-state index in [1.165, 1.54) is 19.2 Å². The Hall–Kier alpha value is -2.27. The maximum atomic E-state index is 13.7. The third-order valence-electron chi connectivity index (χ3n) is 3.22. The first-order chi connectivity index (χ1) is 11.0. The van der Waals surface area contributed by atoms with Crippen molar-refractivity contribution in [3.05, 3.63) is 58.9 Å². The van der Waals surface area contributed by atoms with Gasteiger partial charge in [-0.05, 0) is 42.8 Å². The lowest BCUT2D eigenvalue weighted by atomic mass is 10.1. The topological polar surface area (TPSA) is 47.6 Å². The molecule has 6 heteroatoms. The maximum Gasteiger partial charge on any atom is 0.258 e. The molecular formula is C17H17ClFNO3. The number of carbonyl (C=O) groups excluding carboxylic acids is 1. The highest BCUT2D eigenvalue weighted by Gasteiger charge is 2.12. The highest BCUT2D eigenvalue weighted by Crippen LogP contribution is 2.22. The molecule has 0 aliphatic rings. The lowest BCUT2D eigenvalue weighted by Gasteiger charge is -2.15. The predicted molar refractivity (Wildman–Crippen MR) is 86.5 cm³/mol. The molecule has 2 aromatic carbocycles. The molecule has 1 unspecified atom stereocenters. The molecule has 122 valence electrons. The van der Waals surface area contributed by atoms with E-state index in [0.29, 0.717) is 16.3 Å². The van der Waals surface area contributed by atoms with Gasteiger partial charge in [0.25, 0.3) is 5.91 Å². The van der Waals surface area contributed by atoms with Crippen LogP contribution in [0.15, 0.2) is 42.5 Å². The van der Waals surface area contributed by atoms with Gasteiger partial charge >= 0.3 is 0 Å². The molecule has 2 aromatic rings. The molecule has 1 amide bonds. The minimum atomic E-state index is -0.471. The summed E-state index contributed by atoms with van der Waals surface area (Å²) in [6.07, 6.45) is 0. The second-order valence-electron chi connectivity index (χ2n) is 4.93. The van der Waals surface area contributed by atoms with E-state index in [-0.39, 0.29) is 24.3 Å². The number of carbonyl (C=O) groups is 1. The number of hydrogen-bond donors (Lipinski definition) is 1. The van der Waals surface area contributed by atoms with Crippen LogP contribution in [0, 0.1) is 5.82 Å². The number of nitrogens with one attached hydrogen (secondary N) is 1. The van der Waals surface area contributed by atoms with E-state index in [0.717, 1.165) is 0 Å². The molecule has 0 saturated carbocycles. The van der Waals surface area contributed by atoms with Crippen molar-refractivity contribution >= 4 is 17.5 Å². The van der Waals surface area contributed by atoms with E-state index >= 15 is 0 Å². The van der Waals surface area contributed by atoms with Crippen LogP contribution in [0.4, 0.5) is 4.39 Å². The van der Waals surface area contributed by atoms with Crippen LogP contribution < -0.4 is 14.8 Å². The van der Waals surface area contributed by atoms with Crippen molar-refractivity contribution in [1.82, 2.24) is 5.32 Å². The van der Waals surface area contributed by atoms with Gasteiger partial charge in [0.15, 0.2) is 18.2 Å². The molecule has 0 aliphatic carbocycles. The molecule has 1 N–H and O–H groups in total. The van der Waals surface area contributed by atoms with E-state index in [1.54, 1.807) is 37.3 Å². The Bertz CT molecular complexity index is 693. The first-order valence-electron chi connectivity index (χ1n) is 7.00. The Morgan fingerprint density at radius 2 is 2.09 bits per heavy atom. The number of benzene rings is 2. The third-order valence-corrected chi connectivity index (χ3v) is 3.45. The van der Waals surface area contributed by atoms with Crippen LogP contribution in [0.1, 0.15) is 18.5 Å². The third kappa shape index (κ3) is 4.86. The van der Waals surface area contributed by atoms with Crippen molar-refractivity contribution < 1.29 is 18.7 Å². The normalized spacial score (nSPS) is 11.7. The van der Waals surface area contributed by atoms with Gasteiger partial charge in [-0.1, -0.05) is 23.7 Å². The van der Waals surface area contributed by atoms with Crippen LogP contribution in [0.25, 0.3) is 0 Å². The molecule has 0 radical (unpaired) electrons. The quantitative estimate of drug-likeness (QED) is 0.873. The molecule has 0 aliphatic heterocycles. The van der Waals surface area contributed by atoms with Gasteiger partial charge in [-0.15, -0.1) is 0 Å². The Balaban J connectivity index is 1.90. The van der Waals surface area contributed by atoms with Crippen LogP contribution >= 0.6 is 11.6 Å². The summed E-state index contributed by atoms with van der Waals surface area (Å²) in [4.78, 5) is 11.9. The number of halogens is 2. The standard InChI is InChI=1S/C17H17ClFNO3/c1-11(12-6-7-16(22-2)15(19)8-12)20-17(21)10-23-14-5-3-4-13(18)9-14/h3-9,11H,10H2,1-2H3,(H,20,21). The first-order valence-corrected chi connectivity index (χ1v) is 7.38. The number of methoxy groups -OCH3 is 1. The summed E-state index contributed by atoms with van der Waals surface area (Å²) < 4.78 is 23.9. The lowest BCUT2D eigenvalue weighted by Crippen LogP contribution is -2.31. The molecule has 1 atom stereocenters. The number of amides is 1. The maximum absolute atomic E-state index is 13.7. The summed E-state index contributed by atoms with van der Waals surface area (Å²) in [5, 5.41) is 3.27. The van der Waals surface area contributed by atoms with E-state index in [2.05, 4.69) is 5.32 Å². The van der Waals surface area contributed by atoms with Crippen molar-refractivity contribution in [3.63, 3.8) is 0 Å². The fourth-order valence-electron chi connectivity index (χ4n) is 2.02. The number of ether oxygens (including phenoxy) is 2. The van der Waals surface area contributed by atoms with Crippen molar-refractivity contribution in [3.8, 4) is 11.5 Å². The zero-order valence-electron chi connectivity index (χ0n) is 12.8. The molecule has 0 aromatic heterocycles. The monoisotopic (exact) mass is 337 g/mol. The van der Waals surface area contributed by atoms with Gasteiger partial charge in [0, 0.05) is 5.02 Å². The summed E-state index contributed by atoms with van der Waals surface area (Å²) in [6, 6.07) is 11.0. The summed E-state index contributed by atoms with van der Waals surface area (Å²) in [5.74, 6) is -0.109. The molecule has 0 fully saturated rings. The second-order valence-corrected chi connectivity index (χ2v) is 5.37. The highest BCUT2D eigenvalue weighted by atomic mass is 35.5. The Morgan fingerprint density at radius 1 is 1.30 bits per heavy atom. The van der Waals surface area contributed by atoms with Gasteiger partial charge in [-0.2, -0.15) is 0 Å². The summed E-state index contributed by atoms with van der Waals surface area (Å²) >= 11 is 5.84. The summed E-state index contributed by atoms with van der Waals surface area (Å²) in [5.41, 5.74) is 0.638. The predicted octanol–water partition coefficient (Wildman–Crippen LogP) is 3.74. The summed E-state index contributed by atoms with van der Waals surface area (Å²) in [6.45, 7) is 1.61. The van der Waals surface area contributed by atoms with Crippen LogP contribution in [0.3, 0.4) is 0 Å². The zero-order valence-corrected chi connectivity index (χ0v) is 13.6. The fraction of sp³-hybridized carbons (Fsp3) is 0.235. The SMILES string of the molecule is COc1ccc(C(C)NC(=O)COc2cccc(Cl)c2)cc1F. The van der Waals surface area contributed by atoms with Gasteiger partial charge in [0.2, 0.25) is 0 Å².